The number of thioether (sulfide) groups is 1. The molecule has 0 fully saturated rings. The summed E-state index contributed by atoms with van der Waals surface area (Å²) in [6, 6.07) is 23.9. The smallest absolute Gasteiger partial charge is 0.230 e. The number of carbonyl (C=O) groups excluding carboxylic acids is 1. The topological polar surface area (TPSA) is 69.0 Å². The van der Waals surface area contributed by atoms with Crippen LogP contribution in [-0.2, 0) is 11.3 Å². The summed E-state index contributed by atoms with van der Waals surface area (Å²) in [5, 5.41) is 12.5. The summed E-state index contributed by atoms with van der Waals surface area (Å²) in [7, 11) is 1.63. The number of amides is 1. The van der Waals surface area contributed by atoms with E-state index in [2.05, 4.69) is 47.6 Å². The van der Waals surface area contributed by atoms with Crippen LogP contribution in [0.3, 0.4) is 0 Å². The van der Waals surface area contributed by atoms with Crippen molar-refractivity contribution in [3.05, 3.63) is 89.5 Å². The largest absolute Gasteiger partial charge is 0.497 e. The zero-order valence-corrected chi connectivity index (χ0v) is 19.7. The predicted octanol–water partition coefficient (Wildman–Crippen LogP) is 4.97. The molecule has 0 unspecified atom stereocenters. The van der Waals surface area contributed by atoms with Crippen LogP contribution in [0, 0.1) is 13.8 Å². The molecule has 0 saturated carbocycles. The Bertz CT molecular complexity index is 1250. The van der Waals surface area contributed by atoms with Crippen molar-refractivity contribution in [3.63, 3.8) is 0 Å². The molecule has 168 valence electrons. The molecule has 0 aliphatic heterocycles. The van der Waals surface area contributed by atoms with Crippen LogP contribution in [0.1, 0.15) is 16.7 Å². The maximum atomic E-state index is 12.5. The Morgan fingerprint density at radius 2 is 1.79 bits per heavy atom. The van der Waals surface area contributed by atoms with Gasteiger partial charge in [0.2, 0.25) is 5.91 Å². The van der Waals surface area contributed by atoms with E-state index in [0.717, 1.165) is 28.4 Å². The van der Waals surface area contributed by atoms with E-state index in [9.17, 15) is 4.79 Å². The molecule has 0 aliphatic carbocycles. The van der Waals surface area contributed by atoms with Gasteiger partial charge in [0.15, 0.2) is 11.0 Å². The van der Waals surface area contributed by atoms with Gasteiger partial charge in [0.25, 0.3) is 0 Å². The molecule has 0 aliphatic rings. The molecule has 6 nitrogen and oxygen atoms in total. The summed E-state index contributed by atoms with van der Waals surface area (Å²) in [5.41, 5.74) is 5.34. The van der Waals surface area contributed by atoms with Crippen LogP contribution < -0.4 is 10.1 Å². The molecule has 0 spiro atoms. The van der Waals surface area contributed by atoms with Crippen LogP contribution in [0.2, 0.25) is 0 Å². The van der Waals surface area contributed by atoms with Crippen LogP contribution in [-0.4, -0.2) is 33.5 Å². The van der Waals surface area contributed by atoms with Crippen LogP contribution in [0.5, 0.6) is 5.75 Å². The Labute approximate surface area is 198 Å². The normalized spacial score (nSPS) is 10.8. The summed E-state index contributed by atoms with van der Waals surface area (Å²) < 4.78 is 7.26. The van der Waals surface area contributed by atoms with Crippen LogP contribution >= 0.6 is 11.8 Å². The molecule has 1 N–H and O–H groups in total. The molecule has 4 aromatic rings. The fourth-order valence-electron chi connectivity index (χ4n) is 3.40. The molecule has 0 radical (unpaired) electrons. The maximum absolute atomic E-state index is 12.5. The number of rotatable bonds is 8. The van der Waals surface area contributed by atoms with Crippen molar-refractivity contribution in [1.82, 2.24) is 20.1 Å². The number of benzene rings is 3. The summed E-state index contributed by atoms with van der Waals surface area (Å²) >= 11 is 1.37. The van der Waals surface area contributed by atoms with Gasteiger partial charge < -0.3 is 10.1 Å². The first kappa shape index (κ1) is 22.6. The molecule has 7 heteroatoms. The first-order chi connectivity index (χ1) is 16.0. The van der Waals surface area contributed by atoms with Gasteiger partial charge >= 0.3 is 0 Å². The van der Waals surface area contributed by atoms with Crippen molar-refractivity contribution in [3.8, 4) is 22.8 Å². The van der Waals surface area contributed by atoms with Gasteiger partial charge in [0.05, 0.1) is 18.6 Å². The quantitative estimate of drug-likeness (QED) is 0.378. The fourth-order valence-corrected chi connectivity index (χ4v) is 4.18. The van der Waals surface area contributed by atoms with Gasteiger partial charge in [-0.15, -0.1) is 10.2 Å². The van der Waals surface area contributed by atoms with E-state index >= 15 is 0 Å². The van der Waals surface area contributed by atoms with Crippen LogP contribution in [0.15, 0.2) is 78.0 Å². The highest BCUT2D eigenvalue weighted by molar-refractivity contribution is 7.99. The number of hydrogen-bond donors (Lipinski definition) is 1. The van der Waals surface area contributed by atoms with Gasteiger partial charge in [0.1, 0.15) is 5.75 Å². The molecule has 0 bridgehead atoms. The Kier molecular flexibility index (Phi) is 7.10. The Morgan fingerprint density at radius 3 is 2.55 bits per heavy atom. The standard InChI is InChI=1S/C26H26N4O2S/c1-18-12-13-22(14-19(18)2)30-25(21-9-5-4-6-10-21)28-29-26(30)33-17-24(31)27-16-20-8-7-11-23(15-20)32-3/h4-15H,16-17H2,1-3H3,(H,27,31). The second-order valence-corrected chi connectivity index (χ2v) is 8.64. The molecular weight excluding hydrogens is 432 g/mol. The number of hydrogen-bond acceptors (Lipinski definition) is 5. The van der Waals surface area contributed by atoms with Crippen molar-refractivity contribution in [2.75, 3.05) is 12.9 Å². The third kappa shape index (κ3) is 5.43. The van der Waals surface area contributed by atoms with E-state index in [0.29, 0.717) is 11.7 Å². The van der Waals surface area contributed by atoms with Crippen LogP contribution in [0.4, 0.5) is 0 Å². The van der Waals surface area contributed by atoms with Crippen molar-refractivity contribution in [1.29, 1.82) is 0 Å². The number of carbonyl (C=O) groups is 1. The second-order valence-electron chi connectivity index (χ2n) is 7.69. The lowest BCUT2D eigenvalue weighted by atomic mass is 10.1. The molecule has 1 amide bonds. The SMILES string of the molecule is COc1cccc(CNC(=O)CSc2nnc(-c3ccccc3)n2-c2ccc(C)c(C)c2)c1. The minimum absolute atomic E-state index is 0.0706. The Balaban J connectivity index is 1.53. The average Bonchev–Trinajstić information content (AvgIpc) is 3.28. The van der Waals surface area contributed by atoms with Crippen LogP contribution in [0.25, 0.3) is 17.1 Å². The molecule has 3 aromatic carbocycles. The van der Waals surface area contributed by atoms with E-state index in [1.807, 2.05) is 59.2 Å². The van der Waals surface area contributed by atoms with Gasteiger partial charge in [-0.25, -0.2) is 0 Å². The second kappa shape index (κ2) is 10.4. The number of aromatic nitrogens is 3. The van der Waals surface area contributed by atoms with E-state index < -0.39 is 0 Å². The maximum Gasteiger partial charge on any atom is 0.230 e. The predicted molar refractivity (Wildman–Crippen MR) is 132 cm³/mol. The lowest BCUT2D eigenvalue weighted by Crippen LogP contribution is -2.24. The van der Waals surface area contributed by atoms with E-state index in [4.69, 9.17) is 4.74 Å². The molecular formula is C26H26N4O2S. The number of ether oxygens (including phenoxy) is 1. The van der Waals surface area contributed by atoms with Crippen molar-refractivity contribution >= 4 is 17.7 Å². The Hall–Kier alpha value is -3.58. The van der Waals surface area contributed by atoms with Crippen molar-refractivity contribution in [2.24, 2.45) is 0 Å². The van der Waals surface area contributed by atoms with E-state index in [1.165, 1.54) is 22.9 Å². The van der Waals surface area contributed by atoms with Gasteiger partial charge in [-0.3, -0.25) is 9.36 Å². The zero-order valence-electron chi connectivity index (χ0n) is 18.9. The third-order valence-corrected chi connectivity index (χ3v) is 6.30. The highest BCUT2D eigenvalue weighted by atomic mass is 32.2. The summed E-state index contributed by atoms with van der Waals surface area (Å²) in [5.74, 6) is 1.68. The number of nitrogens with zero attached hydrogens (tertiary/aromatic N) is 3. The van der Waals surface area contributed by atoms with Crippen molar-refractivity contribution in [2.45, 2.75) is 25.5 Å². The molecule has 1 heterocycles. The van der Waals surface area contributed by atoms with Gasteiger partial charge in [-0.2, -0.15) is 0 Å². The molecule has 0 atom stereocenters. The number of nitrogens with one attached hydrogen (secondary N) is 1. The first-order valence-electron chi connectivity index (χ1n) is 10.7. The Morgan fingerprint density at radius 1 is 0.970 bits per heavy atom. The lowest BCUT2D eigenvalue weighted by Gasteiger charge is -2.12. The molecule has 1 aromatic heterocycles. The summed E-state index contributed by atoms with van der Waals surface area (Å²) in [4.78, 5) is 12.5. The number of methoxy groups -OCH3 is 1. The monoisotopic (exact) mass is 458 g/mol. The van der Waals surface area contributed by atoms with Gasteiger partial charge in [-0.05, 0) is 54.8 Å². The molecule has 0 saturated heterocycles. The number of aryl methyl sites for hydroxylation is 2. The van der Waals surface area contributed by atoms with Crippen molar-refractivity contribution < 1.29 is 9.53 Å². The minimum Gasteiger partial charge on any atom is -0.497 e. The van der Waals surface area contributed by atoms with E-state index in [1.54, 1.807) is 7.11 Å². The van der Waals surface area contributed by atoms with E-state index in [-0.39, 0.29) is 11.7 Å². The average molecular weight is 459 g/mol. The summed E-state index contributed by atoms with van der Waals surface area (Å²) in [6.07, 6.45) is 0. The highest BCUT2D eigenvalue weighted by Gasteiger charge is 2.17. The molecule has 4 rings (SSSR count). The fraction of sp³-hybridized carbons (Fsp3) is 0.192. The minimum atomic E-state index is -0.0706. The highest BCUT2D eigenvalue weighted by Crippen LogP contribution is 2.28. The molecule has 33 heavy (non-hydrogen) atoms. The third-order valence-electron chi connectivity index (χ3n) is 5.37. The lowest BCUT2D eigenvalue weighted by molar-refractivity contribution is -0.118. The zero-order chi connectivity index (χ0) is 23.2. The van der Waals surface area contributed by atoms with Gasteiger partial charge in [-0.1, -0.05) is 60.3 Å². The summed E-state index contributed by atoms with van der Waals surface area (Å²) in [6.45, 7) is 4.62. The first-order valence-corrected chi connectivity index (χ1v) is 11.6. The van der Waals surface area contributed by atoms with Gasteiger partial charge in [0, 0.05) is 12.1 Å².